The summed E-state index contributed by atoms with van der Waals surface area (Å²) in [6.45, 7) is 9.10. The van der Waals surface area contributed by atoms with Crippen LogP contribution < -0.4 is 5.73 Å². The summed E-state index contributed by atoms with van der Waals surface area (Å²) < 4.78 is 7.68. The van der Waals surface area contributed by atoms with Gasteiger partial charge in [-0.05, 0) is 45.6 Å². The molecular weight excluding hydrogens is 318 g/mol. The third-order valence-electron chi connectivity index (χ3n) is 4.54. The van der Waals surface area contributed by atoms with Crippen molar-refractivity contribution in [2.75, 3.05) is 18.8 Å². The predicted octanol–water partition coefficient (Wildman–Crippen LogP) is 3.15. The summed E-state index contributed by atoms with van der Waals surface area (Å²) >= 11 is 0. The Morgan fingerprint density at radius 1 is 1.40 bits per heavy atom. The minimum atomic E-state index is -0.485. The number of aromatic nitrogens is 3. The fraction of sp³-hybridized carbons (Fsp3) is 0.611. The molecule has 2 N–H and O–H groups in total. The van der Waals surface area contributed by atoms with Gasteiger partial charge < -0.3 is 19.9 Å². The zero-order valence-corrected chi connectivity index (χ0v) is 15.5. The SMILES string of the molecule is CCc1cn(C2CCCN(C(=O)OC(C)(C)C)C2)c2ncnc(N)c12. The monoisotopic (exact) mass is 345 g/mol. The van der Waals surface area contributed by atoms with Crippen LogP contribution in [-0.4, -0.2) is 44.2 Å². The molecule has 0 aliphatic carbocycles. The predicted molar refractivity (Wildman–Crippen MR) is 97.4 cm³/mol. The van der Waals surface area contributed by atoms with Gasteiger partial charge in [0.2, 0.25) is 0 Å². The third-order valence-corrected chi connectivity index (χ3v) is 4.54. The first-order chi connectivity index (χ1) is 11.8. The lowest BCUT2D eigenvalue weighted by molar-refractivity contribution is 0.0174. The maximum absolute atomic E-state index is 12.4. The number of nitrogens with two attached hydrogens (primary N) is 1. The number of nitrogen functional groups attached to an aromatic ring is 1. The van der Waals surface area contributed by atoms with Crippen LogP contribution in [0.2, 0.25) is 0 Å². The summed E-state index contributed by atoms with van der Waals surface area (Å²) in [4.78, 5) is 22.8. The van der Waals surface area contributed by atoms with Crippen molar-refractivity contribution in [3.05, 3.63) is 18.1 Å². The number of carbonyl (C=O) groups excluding carboxylic acids is 1. The van der Waals surface area contributed by atoms with Crippen molar-refractivity contribution < 1.29 is 9.53 Å². The van der Waals surface area contributed by atoms with E-state index in [1.807, 2.05) is 20.8 Å². The van der Waals surface area contributed by atoms with Crippen LogP contribution in [0, 0.1) is 0 Å². The number of hydrogen-bond acceptors (Lipinski definition) is 5. The van der Waals surface area contributed by atoms with E-state index in [9.17, 15) is 4.79 Å². The number of fused-ring (bicyclic) bond motifs is 1. The van der Waals surface area contributed by atoms with Crippen molar-refractivity contribution in [1.82, 2.24) is 19.4 Å². The molecule has 1 atom stereocenters. The molecular formula is C18H27N5O2. The average molecular weight is 345 g/mol. The molecule has 3 rings (SSSR count). The molecule has 0 radical (unpaired) electrons. The Hall–Kier alpha value is -2.31. The van der Waals surface area contributed by atoms with Crippen molar-refractivity contribution in [3.8, 4) is 0 Å². The third kappa shape index (κ3) is 3.55. The molecule has 0 aromatic carbocycles. The molecule has 2 aromatic heterocycles. The molecule has 7 heteroatoms. The van der Waals surface area contributed by atoms with Crippen LogP contribution in [0.4, 0.5) is 10.6 Å². The number of hydrogen-bond donors (Lipinski definition) is 1. The van der Waals surface area contributed by atoms with Crippen LogP contribution in [0.25, 0.3) is 11.0 Å². The summed E-state index contributed by atoms with van der Waals surface area (Å²) in [6.07, 6.45) is 6.16. The highest BCUT2D eigenvalue weighted by atomic mass is 16.6. The minimum Gasteiger partial charge on any atom is -0.444 e. The molecule has 2 aromatic rings. The Labute approximate surface area is 148 Å². The van der Waals surface area contributed by atoms with Crippen molar-refractivity contribution in [3.63, 3.8) is 0 Å². The molecule has 1 aliphatic heterocycles. The minimum absolute atomic E-state index is 0.165. The number of carbonyl (C=O) groups is 1. The molecule has 1 fully saturated rings. The van der Waals surface area contributed by atoms with Crippen LogP contribution in [0.1, 0.15) is 52.1 Å². The Kier molecular flexibility index (Phi) is 4.58. The first kappa shape index (κ1) is 17.5. The van der Waals surface area contributed by atoms with E-state index in [1.165, 1.54) is 6.33 Å². The van der Waals surface area contributed by atoms with E-state index in [4.69, 9.17) is 10.5 Å². The number of rotatable bonds is 2. The van der Waals surface area contributed by atoms with Crippen molar-refractivity contribution in [2.24, 2.45) is 0 Å². The lowest BCUT2D eigenvalue weighted by atomic mass is 10.1. The molecule has 1 aliphatic rings. The van der Waals surface area contributed by atoms with Crippen LogP contribution in [-0.2, 0) is 11.2 Å². The Morgan fingerprint density at radius 3 is 2.84 bits per heavy atom. The van der Waals surface area contributed by atoms with Gasteiger partial charge in [-0.1, -0.05) is 6.92 Å². The lowest BCUT2D eigenvalue weighted by Crippen LogP contribution is -2.43. The zero-order valence-electron chi connectivity index (χ0n) is 15.5. The fourth-order valence-corrected chi connectivity index (χ4v) is 3.41. The number of ether oxygens (including phenoxy) is 1. The first-order valence-electron chi connectivity index (χ1n) is 8.88. The smallest absolute Gasteiger partial charge is 0.410 e. The van der Waals surface area contributed by atoms with Gasteiger partial charge in [-0.2, -0.15) is 0 Å². The number of likely N-dealkylation sites (tertiary alicyclic amines) is 1. The van der Waals surface area contributed by atoms with E-state index in [-0.39, 0.29) is 12.1 Å². The van der Waals surface area contributed by atoms with Crippen LogP contribution >= 0.6 is 0 Å². The molecule has 136 valence electrons. The summed E-state index contributed by atoms with van der Waals surface area (Å²) in [7, 11) is 0. The molecule has 1 amide bonds. The second kappa shape index (κ2) is 6.54. The van der Waals surface area contributed by atoms with Gasteiger partial charge in [-0.15, -0.1) is 0 Å². The first-order valence-corrected chi connectivity index (χ1v) is 8.88. The van der Waals surface area contributed by atoms with Gasteiger partial charge in [-0.25, -0.2) is 14.8 Å². The van der Waals surface area contributed by atoms with Crippen LogP contribution in [0.15, 0.2) is 12.5 Å². The van der Waals surface area contributed by atoms with Gasteiger partial charge in [0.15, 0.2) is 0 Å². The molecule has 0 saturated carbocycles. The standard InChI is InChI=1S/C18H27N5O2/c1-5-12-9-23(16-14(12)15(19)20-11-21-16)13-7-6-8-22(10-13)17(24)25-18(2,3)4/h9,11,13H,5-8,10H2,1-4H3,(H2,19,20,21). The molecule has 3 heterocycles. The normalized spacial score (nSPS) is 18.6. The van der Waals surface area contributed by atoms with Crippen molar-refractivity contribution in [2.45, 2.75) is 58.6 Å². The van der Waals surface area contributed by atoms with E-state index in [2.05, 4.69) is 27.7 Å². The van der Waals surface area contributed by atoms with E-state index >= 15 is 0 Å². The number of anilines is 1. The van der Waals surface area contributed by atoms with Gasteiger partial charge in [-0.3, -0.25) is 0 Å². The Morgan fingerprint density at radius 2 is 2.16 bits per heavy atom. The highest BCUT2D eigenvalue weighted by Gasteiger charge is 2.29. The van der Waals surface area contributed by atoms with Gasteiger partial charge in [0.1, 0.15) is 23.4 Å². The van der Waals surface area contributed by atoms with Gasteiger partial charge >= 0.3 is 6.09 Å². The molecule has 0 bridgehead atoms. The second-order valence-electron chi connectivity index (χ2n) is 7.60. The largest absolute Gasteiger partial charge is 0.444 e. The fourth-order valence-electron chi connectivity index (χ4n) is 3.41. The van der Waals surface area contributed by atoms with Gasteiger partial charge in [0.25, 0.3) is 0 Å². The van der Waals surface area contributed by atoms with Gasteiger partial charge in [0, 0.05) is 19.3 Å². The molecule has 25 heavy (non-hydrogen) atoms. The van der Waals surface area contributed by atoms with Crippen molar-refractivity contribution in [1.29, 1.82) is 0 Å². The highest BCUT2D eigenvalue weighted by molar-refractivity contribution is 5.89. The van der Waals surface area contributed by atoms with Crippen LogP contribution in [0.3, 0.4) is 0 Å². The lowest BCUT2D eigenvalue weighted by Gasteiger charge is -2.34. The zero-order chi connectivity index (χ0) is 18.2. The van der Waals surface area contributed by atoms with E-state index in [0.29, 0.717) is 12.4 Å². The van der Waals surface area contributed by atoms with E-state index in [1.54, 1.807) is 4.90 Å². The van der Waals surface area contributed by atoms with Gasteiger partial charge in [0.05, 0.1) is 11.4 Å². The number of nitrogens with zero attached hydrogens (tertiary/aromatic N) is 4. The maximum atomic E-state index is 12.4. The number of aryl methyl sites for hydroxylation is 1. The topological polar surface area (TPSA) is 86.3 Å². The average Bonchev–Trinajstić information content (AvgIpc) is 2.93. The highest BCUT2D eigenvalue weighted by Crippen LogP contribution is 2.31. The molecule has 7 nitrogen and oxygen atoms in total. The van der Waals surface area contributed by atoms with Crippen molar-refractivity contribution >= 4 is 22.9 Å². The number of amides is 1. The maximum Gasteiger partial charge on any atom is 0.410 e. The molecule has 1 saturated heterocycles. The van der Waals surface area contributed by atoms with E-state index < -0.39 is 5.60 Å². The molecule has 1 unspecified atom stereocenters. The Balaban J connectivity index is 1.88. The Bertz CT molecular complexity index is 778. The summed E-state index contributed by atoms with van der Waals surface area (Å²) in [5.41, 5.74) is 7.58. The summed E-state index contributed by atoms with van der Waals surface area (Å²) in [6, 6.07) is 0.165. The number of piperidine rings is 1. The quantitative estimate of drug-likeness (QED) is 0.903. The second-order valence-corrected chi connectivity index (χ2v) is 7.60. The molecule has 0 spiro atoms. The summed E-state index contributed by atoms with van der Waals surface area (Å²) in [5.74, 6) is 0.514. The van der Waals surface area contributed by atoms with Crippen LogP contribution in [0.5, 0.6) is 0 Å². The van der Waals surface area contributed by atoms with E-state index in [0.717, 1.165) is 42.4 Å². The summed E-state index contributed by atoms with van der Waals surface area (Å²) in [5, 5.41) is 0.930.